The first-order valence-corrected chi connectivity index (χ1v) is 11.4. The maximum Gasteiger partial charge on any atom is 0.339 e. The quantitative estimate of drug-likeness (QED) is 0.399. The summed E-state index contributed by atoms with van der Waals surface area (Å²) in [6.45, 7) is 7.66. The molecule has 31 heavy (non-hydrogen) atoms. The van der Waals surface area contributed by atoms with Crippen molar-refractivity contribution in [2.24, 2.45) is 0 Å². The van der Waals surface area contributed by atoms with Gasteiger partial charge < -0.3 is 24.1 Å². The summed E-state index contributed by atoms with van der Waals surface area (Å²) >= 11 is 1.60. The highest BCUT2D eigenvalue weighted by Gasteiger charge is 2.18. The van der Waals surface area contributed by atoms with Gasteiger partial charge in [-0.3, -0.25) is 4.79 Å². The van der Waals surface area contributed by atoms with Crippen LogP contribution in [0.4, 0.5) is 0 Å². The highest BCUT2D eigenvalue weighted by molar-refractivity contribution is 7.99. The Hall–Kier alpha value is -2.74. The van der Waals surface area contributed by atoms with Gasteiger partial charge in [-0.15, -0.1) is 0 Å². The van der Waals surface area contributed by atoms with Gasteiger partial charge in [-0.25, -0.2) is 4.79 Å². The van der Waals surface area contributed by atoms with E-state index in [1.54, 1.807) is 17.8 Å². The number of carboxylic acids is 1. The Morgan fingerprint density at radius 2 is 1.77 bits per heavy atom. The van der Waals surface area contributed by atoms with Gasteiger partial charge in [0.1, 0.15) is 16.9 Å². The van der Waals surface area contributed by atoms with Crippen molar-refractivity contribution in [3.05, 3.63) is 45.0 Å². The van der Waals surface area contributed by atoms with Gasteiger partial charge in [-0.1, -0.05) is 6.92 Å². The number of thioether (sulfide) groups is 1. The number of furan rings is 1. The number of amides is 1. The van der Waals surface area contributed by atoms with Crippen LogP contribution < -0.4 is 16.0 Å². The van der Waals surface area contributed by atoms with Gasteiger partial charge in [-0.05, 0) is 62.3 Å². The summed E-state index contributed by atoms with van der Waals surface area (Å²) in [7, 11) is 0. The number of fused-ring (bicyclic) bond motifs is 2. The smallest absolute Gasteiger partial charge is 0.339 e. The Labute approximate surface area is 184 Å². The largest absolute Gasteiger partial charge is 0.548 e. The monoisotopic (exact) mass is 444 g/mol. The van der Waals surface area contributed by atoms with Crippen LogP contribution in [0.3, 0.4) is 0 Å². The molecule has 0 aliphatic rings. The minimum Gasteiger partial charge on any atom is -0.548 e. The number of carbonyl (C=O) groups is 2. The first-order chi connectivity index (χ1) is 14.7. The molecule has 1 amide bonds. The van der Waals surface area contributed by atoms with Gasteiger partial charge in [0.05, 0.1) is 12.0 Å². The molecule has 3 aromatic rings. The SMILES string of the molecule is CCSCC[C@@H](NC(=O)CCc1c(C)c2cc3c(C)c(C)oc3cc2oc1=O)C(=O)[O-]. The number of aliphatic carboxylic acids is 1. The van der Waals surface area contributed by atoms with E-state index in [1.807, 2.05) is 33.8 Å². The fourth-order valence-corrected chi connectivity index (χ4v) is 4.30. The topological polar surface area (TPSA) is 113 Å². The summed E-state index contributed by atoms with van der Waals surface area (Å²) in [6.07, 6.45) is 0.429. The summed E-state index contributed by atoms with van der Waals surface area (Å²) in [5, 5.41) is 15.5. The molecule has 7 nitrogen and oxygen atoms in total. The zero-order valence-electron chi connectivity index (χ0n) is 18.1. The molecule has 3 rings (SSSR count). The van der Waals surface area contributed by atoms with Crippen molar-refractivity contribution >= 4 is 45.6 Å². The molecule has 166 valence electrons. The first kappa shape index (κ1) is 22.9. The van der Waals surface area contributed by atoms with Crippen molar-refractivity contribution < 1.29 is 23.5 Å². The number of carboxylic acid groups (broad SMARTS) is 1. The molecule has 0 spiro atoms. The Morgan fingerprint density at radius 1 is 1.10 bits per heavy atom. The first-order valence-electron chi connectivity index (χ1n) is 10.3. The van der Waals surface area contributed by atoms with Crippen LogP contribution in [-0.4, -0.2) is 29.4 Å². The number of aryl methyl sites for hydroxylation is 3. The Balaban J connectivity index is 1.80. The number of hydrogen-bond donors (Lipinski definition) is 1. The molecular formula is C23H26NO6S-. The Bertz CT molecular complexity index is 1190. The van der Waals surface area contributed by atoms with Crippen molar-refractivity contribution in [1.29, 1.82) is 0 Å². The number of benzene rings is 1. The molecule has 2 aromatic heterocycles. The van der Waals surface area contributed by atoms with Crippen LogP contribution in [0.2, 0.25) is 0 Å². The second-order valence-electron chi connectivity index (χ2n) is 7.55. The predicted molar refractivity (Wildman–Crippen MR) is 119 cm³/mol. The molecule has 0 saturated heterocycles. The number of rotatable bonds is 9. The van der Waals surface area contributed by atoms with E-state index >= 15 is 0 Å². The summed E-state index contributed by atoms with van der Waals surface area (Å²) in [5.74, 6) is 0.550. The second-order valence-corrected chi connectivity index (χ2v) is 8.94. The van der Waals surface area contributed by atoms with Crippen molar-refractivity contribution in [3.63, 3.8) is 0 Å². The van der Waals surface area contributed by atoms with Crippen molar-refractivity contribution in [3.8, 4) is 0 Å². The summed E-state index contributed by atoms with van der Waals surface area (Å²) in [6, 6.07) is 2.62. The van der Waals surface area contributed by atoms with E-state index in [1.165, 1.54) is 0 Å². The lowest BCUT2D eigenvalue weighted by Crippen LogP contribution is -2.48. The molecule has 8 heteroatoms. The second kappa shape index (κ2) is 9.60. The van der Waals surface area contributed by atoms with Gasteiger partial charge in [0.25, 0.3) is 0 Å². The summed E-state index contributed by atoms with van der Waals surface area (Å²) < 4.78 is 11.2. The minimum atomic E-state index is -1.30. The van der Waals surface area contributed by atoms with Gasteiger partial charge in [0, 0.05) is 28.8 Å². The third kappa shape index (κ3) is 4.95. The van der Waals surface area contributed by atoms with Crippen LogP contribution in [0.25, 0.3) is 21.9 Å². The number of nitrogens with one attached hydrogen (secondary N) is 1. The van der Waals surface area contributed by atoms with Crippen LogP contribution in [0.1, 0.15) is 42.2 Å². The van der Waals surface area contributed by atoms with Crippen LogP contribution in [0.5, 0.6) is 0 Å². The molecule has 0 unspecified atom stereocenters. The highest BCUT2D eigenvalue weighted by Crippen LogP contribution is 2.31. The molecule has 1 atom stereocenters. The molecular weight excluding hydrogens is 418 g/mol. The molecule has 1 N–H and O–H groups in total. The standard InChI is InChI=1S/C23H27NO6S/c1-5-31-9-8-18(22(26)27)24-21(25)7-6-15-13(3)17-10-16-12(2)14(4)29-19(16)11-20(17)30-23(15)28/h10-11,18H,5-9H2,1-4H3,(H,24,25)(H,26,27)/p-1/t18-/m1/s1. The molecule has 0 bridgehead atoms. The van der Waals surface area contributed by atoms with Gasteiger partial charge in [-0.2, -0.15) is 11.8 Å². The van der Waals surface area contributed by atoms with Crippen LogP contribution in [0, 0.1) is 20.8 Å². The van der Waals surface area contributed by atoms with Gasteiger partial charge in [0.15, 0.2) is 0 Å². The fourth-order valence-electron chi connectivity index (χ4n) is 3.61. The van der Waals surface area contributed by atoms with E-state index < -0.39 is 23.5 Å². The summed E-state index contributed by atoms with van der Waals surface area (Å²) in [5.41, 5.74) is 2.77. The molecule has 0 fully saturated rings. The third-order valence-corrected chi connectivity index (χ3v) is 6.49. The van der Waals surface area contributed by atoms with Crippen molar-refractivity contribution in [2.75, 3.05) is 11.5 Å². The number of carbonyl (C=O) groups excluding carboxylic acids is 2. The van der Waals surface area contributed by atoms with Gasteiger partial charge in [0.2, 0.25) is 5.91 Å². The molecule has 0 aliphatic carbocycles. The Kier molecular flexibility index (Phi) is 7.10. The van der Waals surface area contributed by atoms with E-state index in [2.05, 4.69) is 5.32 Å². The lowest BCUT2D eigenvalue weighted by molar-refractivity contribution is -0.308. The van der Waals surface area contributed by atoms with Crippen LogP contribution in [-0.2, 0) is 16.0 Å². The summed E-state index contributed by atoms with van der Waals surface area (Å²) in [4.78, 5) is 36.1. The van der Waals surface area contributed by atoms with Gasteiger partial charge >= 0.3 is 5.63 Å². The van der Waals surface area contributed by atoms with E-state index in [0.29, 0.717) is 28.9 Å². The molecule has 2 heterocycles. The molecule has 0 saturated carbocycles. The van der Waals surface area contributed by atoms with Crippen LogP contribution >= 0.6 is 11.8 Å². The molecule has 0 radical (unpaired) electrons. The normalized spacial score (nSPS) is 12.4. The zero-order valence-corrected chi connectivity index (χ0v) is 18.9. The Morgan fingerprint density at radius 3 is 2.45 bits per heavy atom. The van der Waals surface area contributed by atoms with E-state index in [9.17, 15) is 19.5 Å². The van der Waals surface area contributed by atoms with Crippen molar-refractivity contribution in [2.45, 2.75) is 53.0 Å². The van der Waals surface area contributed by atoms with E-state index in [-0.39, 0.29) is 12.8 Å². The third-order valence-electron chi connectivity index (χ3n) is 5.56. The average Bonchev–Trinajstić information content (AvgIpc) is 2.99. The highest BCUT2D eigenvalue weighted by atomic mass is 32.2. The van der Waals surface area contributed by atoms with Crippen LogP contribution in [0.15, 0.2) is 25.8 Å². The van der Waals surface area contributed by atoms with Crippen molar-refractivity contribution in [1.82, 2.24) is 5.32 Å². The predicted octanol–water partition coefficient (Wildman–Crippen LogP) is 2.77. The zero-order chi connectivity index (χ0) is 22.7. The van der Waals surface area contributed by atoms with E-state index in [4.69, 9.17) is 8.83 Å². The maximum absolute atomic E-state index is 12.5. The maximum atomic E-state index is 12.5. The average molecular weight is 445 g/mol. The van der Waals surface area contributed by atoms with E-state index in [0.717, 1.165) is 33.4 Å². The lowest BCUT2D eigenvalue weighted by atomic mass is 10.00. The lowest BCUT2D eigenvalue weighted by Gasteiger charge is -2.19. The minimum absolute atomic E-state index is 0.0199. The molecule has 1 aromatic carbocycles. The number of hydrogen-bond acceptors (Lipinski definition) is 7. The molecule has 0 aliphatic heterocycles. The fraction of sp³-hybridized carbons (Fsp3) is 0.435.